The topological polar surface area (TPSA) is 49.2 Å². The first kappa shape index (κ1) is 19.5. The molecule has 0 fully saturated rings. The van der Waals surface area contributed by atoms with Crippen molar-refractivity contribution >= 4 is 23.1 Å². The van der Waals surface area contributed by atoms with Gasteiger partial charge in [-0.05, 0) is 41.3 Å². The summed E-state index contributed by atoms with van der Waals surface area (Å²) in [5.74, 6) is 3.34. The summed E-state index contributed by atoms with van der Waals surface area (Å²) >= 11 is 3.33. The third kappa shape index (κ3) is 4.99. The molecule has 0 aliphatic heterocycles. The number of nitrogens with zero attached hydrogens (tertiary/aromatic N) is 3. The fraction of sp³-hybridized carbons (Fsp3) is 0.182. The highest BCUT2D eigenvalue weighted by atomic mass is 32.2. The normalized spacial score (nSPS) is 10.8. The fourth-order valence-corrected chi connectivity index (χ4v) is 4.33. The second-order valence-electron chi connectivity index (χ2n) is 6.23. The number of hydrogen-bond acceptors (Lipinski definition) is 6. The number of hydrogen-bond donors (Lipinski definition) is 0. The molecule has 5 nitrogen and oxygen atoms in total. The van der Waals surface area contributed by atoms with Gasteiger partial charge in [0, 0.05) is 5.75 Å². The van der Waals surface area contributed by atoms with Gasteiger partial charge in [-0.3, -0.25) is 4.57 Å². The molecule has 0 radical (unpaired) electrons. The Labute approximate surface area is 178 Å². The van der Waals surface area contributed by atoms with E-state index in [9.17, 15) is 0 Å². The second-order valence-corrected chi connectivity index (χ2v) is 8.24. The molecule has 2 aromatic heterocycles. The minimum atomic E-state index is 0.587. The molecule has 7 heteroatoms. The van der Waals surface area contributed by atoms with E-state index in [0.717, 1.165) is 39.7 Å². The minimum Gasteiger partial charge on any atom is -0.497 e. The third-order valence-electron chi connectivity index (χ3n) is 4.28. The molecule has 0 unspecified atom stereocenters. The quantitative estimate of drug-likeness (QED) is 0.272. The van der Waals surface area contributed by atoms with E-state index in [4.69, 9.17) is 9.47 Å². The maximum absolute atomic E-state index is 5.83. The number of benzene rings is 2. The van der Waals surface area contributed by atoms with Crippen molar-refractivity contribution in [1.82, 2.24) is 14.8 Å². The summed E-state index contributed by atoms with van der Waals surface area (Å²) in [6.45, 7) is 1.33. The maximum atomic E-state index is 5.83. The van der Waals surface area contributed by atoms with Crippen LogP contribution >= 0.6 is 23.1 Å². The summed E-state index contributed by atoms with van der Waals surface area (Å²) in [6.07, 6.45) is 0. The molecule has 2 aromatic carbocycles. The first-order valence-corrected chi connectivity index (χ1v) is 11.1. The molecule has 0 aliphatic carbocycles. The molecule has 2 heterocycles. The van der Waals surface area contributed by atoms with Gasteiger partial charge in [0.2, 0.25) is 0 Å². The van der Waals surface area contributed by atoms with Crippen LogP contribution in [0.25, 0.3) is 10.7 Å². The highest BCUT2D eigenvalue weighted by molar-refractivity contribution is 7.99. The van der Waals surface area contributed by atoms with Crippen LogP contribution in [0.4, 0.5) is 0 Å². The number of methoxy groups -OCH3 is 1. The molecule has 4 rings (SSSR count). The van der Waals surface area contributed by atoms with Crippen molar-refractivity contribution in [2.75, 3.05) is 19.5 Å². The number of ether oxygens (including phenoxy) is 2. The van der Waals surface area contributed by atoms with Crippen molar-refractivity contribution in [1.29, 1.82) is 0 Å². The molecule has 29 heavy (non-hydrogen) atoms. The summed E-state index contributed by atoms with van der Waals surface area (Å²) < 4.78 is 13.2. The molecular weight excluding hydrogens is 402 g/mol. The van der Waals surface area contributed by atoms with E-state index >= 15 is 0 Å². The van der Waals surface area contributed by atoms with Crippen LogP contribution in [-0.2, 0) is 6.54 Å². The lowest BCUT2D eigenvalue weighted by Crippen LogP contribution is -2.05. The van der Waals surface area contributed by atoms with Crippen LogP contribution in [0, 0.1) is 0 Å². The predicted molar refractivity (Wildman–Crippen MR) is 118 cm³/mol. The van der Waals surface area contributed by atoms with Crippen molar-refractivity contribution in [3.05, 3.63) is 77.7 Å². The number of thiophene rings is 1. The van der Waals surface area contributed by atoms with Gasteiger partial charge in [0.1, 0.15) is 11.5 Å². The molecule has 0 N–H and O–H groups in total. The lowest BCUT2D eigenvalue weighted by Gasteiger charge is -2.10. The van der Waals surface area contributed by atoms with Gasteiger partial charge in [0.05, 0.1) is 25.1 Å². The van der Waals surface area contributed by atoms with Gasteiger partial charge in [0.15, 0.2) is 11.0 Å². The standard InChI is InChI=1S/C22H21N3O2S2/c1-26-18-9-11-19(12-10-18)27-13-15-29-22-24-23-21(20-8-5-14-28-20)25(22)16-17-6-3-2-4-7-17/h2-12,14H,13,15-16H2,1H3. The molecule has 0 bridgehead atoms. The summed E-state index contributed by atoms with van der Waals surface area (Å²) in [4.78, 5) is 1.12. The van der Waals surface area contributed by atoms with Crippen LogP contribution in [-0.4, -0.2) is 34.2 Å². The van der Waals surface area contributed by atoms with Crippen molar-refractivity contribution in [2.24, 2.45) is 0 Å². The molecule has 0 spiro atoms. The first-order valence-electron chi connectivity index (χ1n) is 9.24. The van der Waals surface area contributed by atoms with E-state index < -0.39 is 0 Å². The molecule has 148 valence electrons. The Bertz CT molecular complexity index is 1020. The molecule has 0 amide bonds. The highest BCUT2D eigenvalue weighted by Crippen LogP contribution is 2.28. The molecule has 0 saturated carbocycles. The molecule has 0 saturated heterocycles. The fourth-order valence-electron chi connectivity index (χ4n) is 2.86. The van der Waals surface area contributed by atoms with E-state index in [1.807, 2.05) is 36.4 Å². The monoisotopic (exact) mass is 423 g/mol. The van der Waals surface area contributed by atoms with Crippen molar-refractivity contribution < 1.29 is 9.47 Å². The first-order chi connectivity index (χ1) is 14.3. The van der Waals surface area contributed by atoms with E-state index in [1.165, 1.54) is 5.56 Å². The van der Waals surface area contributed by atoms with Gasteiger partial charge in [-0.25, -0.2) is 0 Å². The Hall–Kier alpha value is -2.77. The summed E-state index contributed by atoms with van der Waals surface area (Å²) in [5, 5.41) is 11.9. The maximum Gasteiger partial charge on any atom is 0.191 e. The Kier molecular flexibility index (Phi) is 6.49. The summed E-state index contributed by atoms with van der Waals surface area (Å²) in [5.41, 5.74) is 1.22. The van der Waals surface area contributed by atoms with E-state index in [0.29, 0.717) is 6.61 Å². The summed E-state index contributed by atoms with van der Waals surface area (Å²) in [7, 11) is 1.66. The zero-order valence-electron chi connectivity index (χ0n) is 16.0. The molecule has 0 aliphatic rings. The Morgan fingerprint density at radius 3 is 2.45 bits per heavy atom. The van der Waals surface area contributed by atoms with Crippen molar-refractivity contribution in [3.8, 4) is 22.2 Å². The summed E-state index contributed by atoms with van der Waals surface area (Å²) in [6, 6.07) is 22.1. The van der Waals surface area contributed by atoms with Crippen LogP contribution in [0.1, 0.15) is 5.56 Å². The van der Waals surface area contributed by atoms with E-state index in [-0.39, 0.29) is 0 Å². The van der Waals surface area contributed by atoms with Crippen molar-refractivity contribution in [3.63, 3.8) is 0 Å². The number of thioether (sulfide) groups is 1. The van der Waals surface area contributed by atoms with Gasteiger partial charge in [-0.1, -0.05) is 48.2 Å². The predicted octanol–water partition coefficient (Wildman–Crippen LogP) is 5.23. The average molecular weight is 424 g/mol. The molecular formula is C22H21N3O2S2. The smallest absolute Gasteiger partial charge is 0.191 e. The van der Waals surface area contributed by atoms with Crippen LogP contribution in [0.3, 0.4) is 0 Å². The number of rotatable bonds is 9. The number of aromatic nitrogens is 3. The third-order valence-corrected chi connectivity index (χ3v) is 6.08. The van der Waals surface area contributed by atoms with Gasteiger partial charge >= 0.3 is 0 Å². The lowest BCUT2D eigenvalue weighted by atomic mass is 10.2. The Morgan fingerprint density at radius 2 is 1.72 bits per heavy atom. The van der Waals surface area contributed by atoms with Crippen LogP contribution in [0.5, 0.6) is 11.5 Å². The Balaban J connectivity index is 1.43. The van der Waals surface area contributed by atoms with Gasteiger partial charge < -0.3 is 9.47 Å². The van der Waals surface area contributed by atoms with Crippen molar-refractivity contribution in [2.45, 2.75) is 11.7 Å². The van der Waals surface area contributed by atoms with Gasteiger partial charge in [-0.15, -0.1) is 21.5 Å². The van der Waals surface area contributed by atoms with Gasteiger partial charge in [0.25, 0.3) is 0 Å². The zero-order valence-corrected chi connectivity index (χ0v) is 17.7. The Morgan fingerprint density at radius 1 is 0.931 bits per heavy atom. The largest absolute Gasteiger partial charge is 0.497 e. The molecule has 4 aromatic rings. The zero-order chi connectivity index (χ0) is 19.9. The van der Waals surface area contributed by atoms with Crippen LogP contribution in [0.2, 0.25) is 0 Å². The van der Waals surface area contributed by atoms with Crippen LogP contribution in [0.15, 0.2) is 77.3 Å². The minimum absolute atomic E-state index is 0.587. The second kappa shape index (κ2) is 9.62. The van der Waals surface area contributed by atoms with E-state index in [2.05, 4.69) is 50.5 Å². The lowest BCUT2D eigenvalue weighted by molar-refractivity contribution is 0.342. The SMILES string of the molecule is COc1ccc(OCCSc2nnc(-c3cccs3)n2Cc2ccccc2)cc1. The van der Waals surface area contributed by atoms with Crippen LogP contribution < -0.4 is 9.47 Å². The average Bonchev–Trinajstić information content (AvgIpc) is 3.43. The highest BCUT2D eigenvalue weighted by Gasteiger charge is 2.15. The molecule has 0 atom stereocenters. The van der Waals surface area contributed by atoms with Gasteiger partial charge in [-0.2, -0.15) is 0 Å². The van der Waals surface area contributed by atoms with E-state index in [1.54, 1.807) is 30.2 Å².